The molecule has 9 heteroatoms. The summed E-state index contributed by atoms with van der Waals surface area (Å²) in [6, 6.07) is 6.77. The van der Waals surface area contributed by atoms with E-state index in [1.54, 1.807) is 29.5 Å². The van der Waals surface area contributed by atoms with Crippen molar-refractivity contribution in [1.29, 1.82) is 0 Å². The minimum absolute atomic E-state index is 0.236. The predicted octanol–water partition coefficient (Wildman–Crippen LogP) is 1.92. The van der Waals surface area contributed by atoms with Crippen molar-refractivity contribution in [2.75, 3.05) is 13.6 Å². The van der Waals surface area contributed by atoms with Gasteiger partial charge in [-0.15, -0.1) is 11.3 Å². The first-order chi connectivity index (χ1) is 12.4. The van der Waals surface area contributed by atoms with Gasteiger partial charge in [-0.2, -0.15) is 0 Å². The van der Waals surface area contributed by atoms with Crippen molar-refractivity contribution in [2.24, 2.45) is 4.99 Å². The SMILES string of the molecule is CCNC(=NCc1cccc(S(=O)(=O)NC)c1)NCc1nc(C)c(C)s1. The summed E-state index contributed by atoms with van der Waals surface area (Å²) < 4.78 is 26.1. The van der Waals surface area contributed by atoms with E-state index in [4.69, 9.17) is 0 Å². The van der Waals surface area contributed by atoms with Crippen molar-refractivity contribution < 1.29 is 8.42 Å². The van der Waals surface area contributed by atoms with Gasteiger partial charge in [-0.1, -0.05) is 12.1 Å². The monoisotopic (exact) mass is 395 g/mol. The van der Waals surface area contributed by atoms with Gasteiger partial charge in [-0.3, -0.25) is 0 Å². The number of aryl methyl sites for hydroxylation is 2. The highest BCUT2D eigenvalue weighted by molar-refractivity contribution is 7.89. The molecule has 0 saturated heterocycles. The highest BCUT2D eigenvalue weighted by Gasteiger charge is 2.11. The molecule has 26 heavy (non-hydrogen) atoms. The molecule has 0 aliphatic heterocycles. The van der Waals surface area contributed by atoms with E-state index in [1.165, 1.54) is 11.9 Å². The van der Waals surface area contributed by atoms with Crippen LogP contribution < -0.4 is 15.4 Å². The third-order valence-corrected chi connectivity index (χ3v) is 6.21. The molecule has 7 nitrogen and oxygen atoms in total. The number of nitrogens with zero attached hydrogens (tertiary/aromatic N) is 2. The van der Waals surface area contributed by atoms with Gasteiger partial charge in [0.15, 0.2) is 5.96 Å². The van der Waals surface area contributed by atoms with Gasteiger partial charge in [-0.25, -0.2) is 23.1 Å². The number of sulfonamides is 1. The van der Waals surface area contributed by atoms with Crippen molar-refractivity contribution >= 4 is 27.3 Å². The molecule has 0 atom stereocenters. The maximum absolute atomic E-state index is 11.9. The second kappa shape index (κ2) is 9.11. The fourth-order valence-corrected chi connectivity index (χ4v) is 3.89. The minimum Gasteiger partial charge on any atom is -0.357 e. The normalized spacial score (nSPS) is 12.2. The molecular weight excluding hydrogens is 370 g/mol. The maximum Gasteiger partial charge on any atom is 0.240 e. The second-order valence-electron chi connectivity index (χ2n) is 5.65. The molecule has 0 unspecified atom stereocenters. The van der Waals surface area contributed by atoms with Crippen LogP contribution in [-0.4, -0.2) is 33.0 Å². The lowest BCUT2D eigenvalue weighted by Gasteiger charge is -2.10. The molecule has 1 heterocycles. The van der Waals surface area contributed by atoms with Gasteiger partial charge in [-0.05, 0) is 45.5 Å². The van der Waals surface area contributed by atoms with Crippen molar-refractivity contribution in [3.63, 3.8) is 0 Å². The van der Waals surface area contributed by atoms with Crippen LogP contribution in [0.15, 0.2) is 34.2 Å². The summed E-state index contributed by atoms with van der Waals surface area (Å²) in [5.41, 5.74) is 1.87. The molecule has 0 radical (unpaired) electrons. The molecule has 2 aromatic rings. The molecule has 2 rings (SSSR count). The largest absolute Gasteiger partial charge is 0.357 e. The van der Waals surface area contributed by atoms with Crippen LogP contribution in [0.2, 0.25) is 0 Å². The number of thiazole rings is 1. The highest BCUT2D eigenvalue weighted by Crippen LogP contribution is 2.16. The van der Waals surface area contributed by atoms with Gasteiger partial charge in [0.2, 0.25) is 10.0 Å². The number of aliphatic imine (C=N–C) groups is 1. The average molecular weight is 396 g/mol. The van der Waals surface area contributed by atoms with Crippen LogP contribution in [0.4, 0.5) is 0 Å². The zero-order valence-corrected chi connectivity index (χ0v) is 17.1. The van der Waals surface area contributed by atoms with Crippen LogP contribution in [0.3, 0.4) is 0 Å². The minimum atomic E-state index is -3.45. The van der Waals surface area contributed by atoms with Crippen LogP contribution in [0, 0.1) is 13.8 Å². The molecular formula is C17H25N5O2S2. The van der Waals surface area contributed by atoms with Crippen molar-refractivity contribution in [1.82, 2.24) is 20.3 Å². The molecule has 0 bridgehead atoms. The Morgan fingerprint density at radius 1 is 1.27 bits per heavy atom. The quantitative estimate of drug-likeness (QED) is 0.492. The van der Waals surface area contributed by atoms with Crippen LogP contribution in [-0.2, 0) is 23.1 Å². The van der Waals surface area contributed by atoms with E-state index in [1.807, 2.05) is 19.9 Å². The van der Waals surface area contributed by atoms with Gasteiger partial charge in [0.1, 0.15) is 5.01 Å². The molecule has 0 amide bonds. The number of hydrogen-bond donors (Lipinski definition) is 3. The molecule has 0 spiro atoms. The van der Waals surface area contributed by atoms with Crippen LogP contribution >= 0.6 is 11.3 Å². The van der Waals surface area contributed by atoms with E-state index in [2.05, 4.69) is 32.3 Å². The molecule has 142 valence electrons. The van der Waals surface area contributed by atoms with E-state index in [0.29, 0.717) is 19.0 Å². The summed E-state index contributed by atoms with van der Waals surface area (Å²) >= 11 is 1.67. The van der Waals surface area contributed by atoms with Gasteiger partial charge in [0, 0.05) is 11.4 Å². The molecule has 3 N–H and O–H groups in total. The number of aromatic nitrogens is 1. The first-order valence-electron chi connectivity index (χ1n) is 8.33. The Hall–Kier alpha value is -1.97. The highest BCUT2D eigenvalue weighted by atomic mass is 32.2. The molecule has 0 fully saturated rings. The smallest absolute Gasteiger partial charge is 0.240 e. The van der Waals surface area contributed by atoms with E-state index in [9.17, 15) is 8.42 Å². The van der Waals surface area contributed by atoms with E-state index in [-0.39, 0.29) is 4.90 Å². The zero-order valence-electron chi connectivity index (χ0n) is 15.5. The standard InChI is InChI=1S/C17H25N5O2S2/c1-5-19-17(21-11-16-22-12(2)13(3)25-16)20-10-14-7-6-8-15(9-14)26(23,24)18-4/h6-9,18H,5,10-11H2,1-4H3,(H2,19,20,21). The molecule has 0 aliphatic carbocycles. The first kappa shape index (κ1) is 20.3. The third kappa shape index (κ3) is 5.52. The van der Waals surface area contributed by atoms with Gasteiger partial charge in [0.25, 0.3) is 0 Å². The summed E-state index contributed by atoms with van der Waals surface area (Å²) in [7, 11) is -2.06. The lowest BCUT2D eigenvalue weighted by atomic mass is 10.2. The predicted molar refractivity (Wildman–Crippen MR) is 106 cm³/mol. The van der Waals surface area contributed by atoms with Crippen molar-refractivity contribution in [3.05, 3.63) is 45.4 Å². The Kier molecular flexibility index (Phi) is 7.13. The Morgan fingerprint density at radius 3 is 2.65 bits per heavy atom. The summed E-state index contributed by atoms with van der Waals surface area (Å²) in [6.45, 7) is 7.76. The maximum atomic E-state index is 11.9. The lowest BCUT2D eigenvalue weighted by molar-refractivity contribution is 0.588. The molecule has 1 aromatic heterocycles. The number of rotatable bonds is 7. The van der Waals surface area contributed by atoms with E-state index >= 15 is 0 Å². The fraction of sp³-hybridized carbons (Fsp3) is 0.412. The van der Waals surface area contributed by atoms with Gasteiger partial charge in [0.05, 0.1) is 23.7 Å². The fourth-order valence-electron chi connectivity index (χ4n) is 2.22. The summed E-state index contributed by atoms with van der Waals surface area (Å²) in [4.78, 5) is 10.5. The lowest BCUT2D eigenvalue weighted by Crippen LogP contribution is -2.36. The summed E-state index contributed by atoms with van der Waals surface area (Å²) in [6.07, 6.45) is 0. The topological polar surface area (TPSA) is 95.5 Å². The molecule has 1 aromatic carbocycles. The Labute approximate surface area is 159 Å². The number of guanidine groups is 1. The first-order valence-corrected chi connectivity index (χ1v) is 10.6. The van der Waals surface area contributed by atoms with Crippen LogP contribution in [0.5, 0.6) is 0 Å². The zero-order chi connectivity index (χ0) is 19.2. The number of hydrogen-bond acceptors (Lipinski definition) is 5. The van der Waals surface area contributed by atoms with Gasteiger partial charge < -0.3 is 10.6 Å². The number of nitrogens with one attached hydrogen (secondary N) is 3. The van der Waals surface area contributed by atoms with Crippen LogP contribution in [0.1, 0.15) is 28.1 Å². The van der Waals surface area contributed by atoms with E-state index < -0.39 is 10.0 Å². The van der Waals surface area contributed by atoms with Crippen LogP contribution in [0.25, 0.3) is 0 Å². The third-order valence-electron chi connectivity index (χ3n) is 3.72. The molecule has 0 aliphatic rings. The Balaban J connectivity index is 2.07. The van der Waals surface area contributed by atoms with E-state index in [0.717, 1.165) is 22.8 Å². The second-order valence-corrected chi connectivity index (χ2v) is 8.83. The Morgan fingerprint density at radius 2 is 2.04 bits per heavy atom. The summed E-state index contributed by atoms with van der Waals surface area (Å²) in [5.74, 6) is 0.667. The average Bonchev–Trinajstić information content (AvgIpc) is 2.95. The molecule has 0 saturated carbocycles. The van der Waals surface area contributed by atoms with Crippen molar-refractivity contribution in [2.45, 2.75) is 38.8 Å². The van der Waals surface area contributed by atoms with Gasteiger partial charge >= 0.3 is 0 Å². The van der Waals surface area contributed by atoms with Crippen molar-refractivity contribution in [3.8, 4) is 0 Å². The summed E-state index contributed by atoms with van der Waals surface area (Å²) in [5, 5.41) is 7.45. The Bertz CT molecular complexity index is 856. The number of benzene rings is 1.